The molecule has 0 aliphatic rings. The molecule has 0 fully saturated rings. The summed E-state index contributed by atoms with van der Waals surface area (Å²) in [5.41, 5.74) is 1.72. The van der Waals surface area contributed by atoms with Crippen molar-refractivity contribution in [1.29, 1.82) is 0 Å². The monoisotopic (exact) mass is 381 g/mol. The number of anilines is 2. The minimum absolute atomic E-state index is 0.545. The van der Waals surface area contributed by atoms with Crippen LogP contribution < -0.4 is 10.1 Å². The average molecular weight is 382 g/mol. The predicted molar refractivity (Wildman–Crippen MR) is 92.5 cm³/mol. The van der Waals surface area contributed by atoms with E-state index in [0.29, 0.717) is 12.6 Å². The third-order valence-electron chi connectivity index (χ3n) is 3.04. The summed E-state index contributed by atoms with van der Waals surface area (Å²) in [6.45, 7) is 2.72. The SMILES string of the molecule is Cc1sc2cnc(Nc3cnn(C)c3)nc2c1OCCCBr. The molecular formula is C14H16BrN5OS. The number of halogens is 1. The van der Waals surface area contributed by atoms with Gasteiger partial charge in [0.25, 0.3) is 0 Å². The van der Waals surface area contributed by atoms with Gasteiger partial charge in [-0.3, -0.25) is 4.68 Å². The fourth-order valence-corrected chi connectivity index (χ4v) is 3.21. The van der Waals surface area contributed by atoms with Crippen molar-refractivity contribution in [2.45, 2.75) is 13.3 Å². The maximum Gasteiger partial charge on any atom is 0.228 e. The Hall–Kier alpha value is -1.67. The number of nitrogens with zero attached hydrogens (tertiary/aromatic N) is 4. The van der Waals surface area contributed by atoms with Gasteiger partial charge in [0.05, 0.1) is 29.4 Å². The molecule has 0 aliphatic carbocycles. The Morgan fingerprint density at radius 1 is 1.41 bits per heavy atom. The molecule has 1 N–H and O–H groups in total. The van der Waals surface area contributed by atoms with Crippen LogP contribution in [0.4, 0.5) is 11.6 Å². The van der Waals surface area contributed by atoms with Crippen molar-refractivity contribution in [3.63, 3.8) is 0 Å². The predicted octanol–water partition coefficient (Wildman–Crippen LogP) is 3.64. The number of hydrogen-bond donors (Lipinski definition) is 1. The quantitative estimate of drug-likeness (QED) is 0.521. The van der Waals surface area contributed by atoms with Gasteiger partial charge in [-0.05, 0) is 13.3 Å². The summed E-state index contributed by atoms with van der Waals surface area (Å²) in [7, 11) is 1.87. The van der Waals surface area contributed by atoms with E-state index in [0.717, 1.165) is 38.3 Å². The second-order valence-electron chi connectivity index (χ2n) is 4.81. The fraction of sp³-hybridized carbons (Fsp3) is 0.357. The Bertz CT molecular complexity index is 785. The van der Waals surface area contributed by atoms with Crippen molar-refractivity contribution < 1.29 is 4.74 Å². The number of nitrogens with one attached hydrogen (secondary N) is 1. The van der Waals surface area contributed by atoms with E-state index in [1.807, 2.05) is 26.4 Å². The number of fused-ring (bicyclic) bond motifs is 1. The molecule has 0 atom stereocenters. The molecule has 0 aliphatic heterocycles. The first-order valence-electron chi connectivity index (χ1n) is 6.88. The van der Waals surface area contributed by atoms with Crippen LogP contribution in [-0.2, 0) is 7.05 Å². The Balaban J connectivity index is 1.88. The molecule has 3 rings (SSSR count). The second kappa shape index (κ2) is 6.62. The first-order chi connectivity index (χ1) is 10.7. The lowest BCUT2D eigenvalue weighted by Crippen LogP contribution is -2.00. The molecule has 3 heterocycles. The lowest BCUT2D eigenvalue weighted by Gasteiger charge is -2.05. The molecule has 0 saturated heterocycles. The molecule has 0 spiro atoms. The Labute approximate surface area is 140 Å². The molecule has 3 aromatic rings. The van der Waals surface area contributed by atoms with E-state index in [4.69, 9.17) is 4.74 Å². The number of aryl methyl sites for hydroxylation is 2. The normalized spacial score (nSPS) is 11.0. The zero-order valence-electron chi connectivity index (χ0n) is 12.3. The maximum atomic E-state index is 5.89. The van der Waals surface area contributed by atoms with Crippen LogP contribution in [0.25, 0.3) is 10.2 Å². The molecular weight excluding hydrogens is 366 g/mol. The highest BCUT2D eigenvalue weighted by molar-refractivity contribution is 9.09. The second-order valence-corrected chi connectivity index (χ2v) is 6.86. The van der Waals surface area contributed by atoms with Gasteiger partial charge in [0.15, 0.2) is 5.75 Å². The van der Waals surface area contributed by atoms with Gasteiger partial charge in [0, 0.05) is 23.5 Å². The molecule has 6 nitrogen and oxygen atoms in total. The van der Waals surface area contributed by atoms with Crippen molar-refractivity contribution in [2.75, 3.05) is 17.3 Å². The van der Waals surface area contributed by atoms with Crippen LogP contribution in [0.15, 0.2) is 18.6 Å². The van der Waals surface area contributed by atoms with Gasteiger partial charge in [0.2, 0.25) is 5.95 Å². The summed E-state index contributed by atoms with van der Waals surface area (Å²) in [6, 6.07) is 0. The first kappa shape index (κ1) is 15.2. The van der Waals surface area contributed by atoms with Crippen molar-refractivity contribution in [3.05, 3.63) is 23.5 Å². The number of rotatable bonds is 6. The summed E-state index contributed by atoms with van der Waals surface area (Å²) in [5, 5.41) is 8.20. The summed E-state index contributed by atoms with van der Waals surface area (Å²) < 4.78 is 8.64. The lowest BCUT2D eigenvalue weighted by atomic mass is 10.4. The van der Waals surface area contributed by atoms with Crippen LogP contribution in [0.5, 0.6) is 5.75 Å². The van der Waals surface area contributed by atoms with Crippen molar-refractivity contribution in [1.82, 2.24) is 19.7 Å². The number of hydrogen-bond acceptors (Lipinski definition) is 6. The molecule has 116 valence electrons. The standard InChI is InChI=1S/C14H16BrN5OS/c1-9-13(21-5-3-4-15)12-11(22-9)7-16-14(19-12)18-10-6-17-20(2)8-10/h6-8H,3-5H2,1-2H3,(H,16,18,19). The van der Waals surface area contributed by atoms with Crippen LogP contribution in [0.1, 0.15) is 11.3 Å². The highest BCUT2D eigenvalue weighted by Crippen LogP contribution is 2.36. The fourth-order valence-electron chi connectivity index (χ4n) is 2.06. The average Bonchev–Trinajstić information content (AvgIpc) is 3.03. The van der Waals surface area contributed by atoms with Gasteiger partial charge in [-0.25, -0.2) is 9.97 Å². The maximum absolute atomic E-state index is 5.89. The smallest absolute Gasteiger partial charge is 0.228 e. The first-order valence-corrected chi connectivity index (χ1v) is 8.81. The number of alkyl halides is 1. The molecule has 3 aromatic heterocycles. The van der Waals surface area contributed by atoms with E-state index in [1.54, 1.807) is 22.2 Å². The molecule has 0 amide bonds. The number of ether oxygens (including phenoxy) is 1. The lowest BCUT2D eigenvalue weighted by molar-refractivity contribution is 0.321. The molecule has 0 bridgehead atoms. The molecule has 8 heteroatoms. The van der Waals surface area contributed by atoms with E-state index in [-0.39, 0.29) is 0 Å². The molecule has 0 saturated carbocycles. The minimum Gasteiger partial charge on any atom is -0.490 e. The van der Waals surface area contributed by atoms with Crippen LogP contribution in [0, 0.1) is 6.92 Å². The van der Waals surface area contributed by atoms with Gasteiger partial charge >= 0.3 is 0 Å². The Morgan fingerprint density at radius 2 is 2.27 bits per heavy atom. The summed E-state index contributed by atoms with van der Waals surface area (Å²) in [6.07, 6.45) is 6.40. The summed E-state index contributed by atoms with van der Waals surface area (Å²) in [4.78, 5) is 10.1. The van der Waals surface area contributed by atoms with Gasteiger partial charge in [0.1, 0.15) is 5.52 Å². The third-order valence-corrected chi connectivity index (χ3v) is 4.61. The summed E-state index contributed by atoms with van der Waals surface area (Å²) in [5.74, 6) is 1.40. The van der Waals surface area contributed by atoms with Crippen LogP contribution >= 0.6 is 27.3 Å². The van der Waals surface area contributed by atoms with Gasteiger partial charge in [-0.2, -0.15) is 5.10 Å². The highest BCUT2D eigenvalue weighted by Gasteiger charge is 2.13. The van der Waals surface area contributed by atoms with E-state index < -0.39 is 0 Å². The van der Waals surface area contributed by atoms with Crippen LogP contribution in [-0.4, -0.2) is 31.7 Å². The largest absolute Gasteiger partial charge is 0.490 e. The molecule has 22 heavy (non-hydrogen) atoms. The highest BCUT2D eigenvalue weighted by atomic mass is 79.9. The van der Waals surface area contributed by atoms with Crippen LogP contribution in [0.3, 0.4) is 0 Å². The van der Waals surface area contributed by atoms with E-state index >= 15 is 0 Å². The zero-order chi connectivity index (χ0) is 15.5. The van der Waals surface area contributed by atoms with Gasteiger partial charge < -0.3 is 10.1 Å². The van der Waals surface area contributed by atoms with Crippen molar-refractivity contribution in [2.24, 2.45) is 7.05 Å². The van der Waals surface area contributed by atoms with E-state index in [9.17, 15) is 0 Å². The van der Waals surface area contributed by atoms with Crippen LogP contribution in [0.2, 0.25) is 0 Å². The summed E-state index contributed by atoms with van der Waals surface area (Å²) >= 11 is 5.06. The van der Waals surface area contributed by atoms with Crippen molar-refractivity contribution in [3.8, 4) is 5.75 Å². The topological polar surface area (TPSA) is 64.9 Å². The van der Waals surface area contributed by atoms with E-state index in [1.165, 1.54) is 0 Å². The zero-order valence-corrected chi connectivity index (χ0v) is 14.7. The van der Waals surface area contributed by atoms with E-state index in [2.05, 4.69) is 36.3 Å². The molecule has 0 unspecified atom stereocenters. The Morgan fingerprint density at radius 3 is 3.00 bits per heavy atom. The minimum atomic E-state index is 0.545. The molecule has 0 radical (unpaired) electrons. The van der Waals surface area contributed by atoms with Crippen molar-refractivity contribution >= 4 is 49.1 Å². The third kappa shape index (κ3) is 3.22. The molecule has 0 aromatic carbocycles. The number of aromatic nitrogens is 4. The van der Waals surface area contributed by atoms with Gasteiger partial charge in [-0.1, -0.05) is 15.9 Å². The Kier molecular flexibility index (Phi) is 4.58. The van der Waals surface area contributed by atoms with Gasteiger partial charge in [-0.15, -0.1) is 11.3 Å². The number of thiophene rings is 1.